The van der Waals surface area contributed by atoms with Gasteiger partial charge in [0.1, 0.15) is 11.8 Å². The zero-order valence-corrected chi connectivity index (χ0v) is 22.1. The van der Waals surface area contributed by atoms with Crippen molar-refractivity contribution in [3.63, 3.8) is 0 Å². The molecule has 0 atom stereocenters. The lowest BCUT2D eigenvalue weighted by Gasteiger charge is -2.28. The summed E-state index contributed by atoms with van der Waals surface area (Å²) in [5.74, 6) is 1.74. The maximum absolute atomic E-state index is 12.7. The number of allylic oxidation sites excluding steroid dienone is 1. The molecule has 10 nitrogen and oxygen atoms in total. The third kappa shape index (κ3) is 5.65. The molecule has 3 aromatic carbocycles. The van der Waals surface area contributed by atoms with Gasteiger partial charge < -0.3 is 23.8 Å². The van der Waals surface area contributed by atoms with Crippen molar-refractivity contribution in [3.05, 3.63) is 89.7 Å². The van der Waals surface area contributed by atoms with E-state index in [9.17, 15) is 10.1 Å². The Hall–Kier alpha value is -5.14. The van der Waals surface area contributed by atoms with Crippen LogP contribution in [0.15, 0.2) is 72.8 Å². The van der Waals surface area contributed by atoms with Gasteiger partial charge in [-0.3, -0.25) is 4.57 Å². The molecule has 202 valence electrons. The molecule has 1 aliphatic rings. The predicted molar refractivity (Wildman–Crippen MR) is 149 cm³/mol. The van der Waals surface area contributed by atoms with Crippen molar-refractivity contribution in [3.8, 4) is 29.0 Å². The number of methoxy groups -OCH3 is 2. The molecule has 4 aromatic rings. The molecular weight excluding hydrogens is 510 g/mol. The fourth-order valence-electron chi connectivity index (χ4n) is 4.29. The van der Waals surface area contributed by atoms with Gasteiger partial charge in [0.25, 0.3) is 0 Å². The first-order chi connectivity index (χ1) is 19.6. The van der Waals surface area contributed by atoms with Gasteiger partial charge in [0.05, 0.1) is 44.3 Å². The third-order valence-electron chi connectivity index (χ3n) is 6.34. The summed E-state index contributed by atoms with van der Waals surface area (Å²) in [6, 6.07) is 23.6. The number of carbonyl (C=O) groups excluding carboxylic acids is 1. The minimum absolute atomic E-state index is 0.251. The van der Waals surface area contributed by atoms with Crippen LogP contribution in [0, 0.1) is 11.3 Å². The molecular formula is C30H27N5O5. The lowest BCUT2D eigenvalue weighted by molar-refractivity contribution is 0.0729. The van der Waals surface area contributed by atoms with Gasteiger partial charge in [-0.25, -0.2) is 4.79 Å². The van der Waals surface area contributed by atoms with Crippen molar-refractivity contribution in [1.29, 1.82) is 5.26 Å². The highest BCUT2D eigenvalue weighted by Crippen LogP contribution is 2.32. The Labute approximate surface area is 231 Å². The van der Waals surface area contributed by atoms with Gasteiger partial charge in [0.2, 0.25) is 5.95 Å². The Balaban J connectivity index is 1.46. The van der Waals surface area contributed by atoms with Crippen LogP contribution < -0.4 is 19.1 Å². The molecule has 2 heterocycles. The Morgan fingerprint density at radius 2 is 1.70 bits per heavy atom. The van der Waals surface area contributed by atoms with Crippen LogP contribution in [0.25, 0.3) is 17.3 Å². The topological polar surface area (TPSA) is 112 Å². The van der Waals surface area contributed by atoms with Crippen LogP contribution in [0.4, 0.5) is 5.95 Å². The summed E-state index contributed by atoms with van der Waals surface area (Å²) in [5.41, 5.74) is 2.17. The summed E-state index contributed by atoms with van der Waals surface area (Å²) in [7, 11) is 3.04. The Morgan fingerprint density at radius 3 is 2.38 bits per heavy atom. The summed E-state index contributed by atoms with van der Waals surface area (Å²) >= 11 is 0. The maximum Gasteiger partial charge on any atom is 0.343 e. The molecule has 0 N–H and O–H groups in total. The number of para-hydroxylation sites is 1. The molecule has 1 saturated heterocycles. The summed E-state index contributed by atoms with van der Waals surface area (Å²) in [6.07, 6.45) is 1.70. The first-order valence-corrected chi connectivity index (χ1v) is 12.6. The van der Waals surface area contributed by atoms with Gasteiger partial charge in [0.15, 0.2) is 17.3 Å². The van der Waals surface area contributed by atoms with Crippen LogP contribution in [0.5, 0.6) is 17.2 Å². The SMILES string of the molecule is COc1ccc(C(=O)Oc2ccc(/C=C(/C#N)c3nnc(N4CCOCC4)n3-c3ccccc3)cc2OC)cc1. The number of nitrogens with zero attached hydrogens (tertiary/aromatic N) is 5. The molecule has 0 unspecified atom stereocenters. The minimum Gasteiger partial charge on any atom is -0.497 e. The van der Waals surface area contributed by atoms with E-state index in [1.165, 1.54) is 7.11 Å². The summed E-state index contributed by atoms with van der Waals surface area (Å²) in [6.45, 7) is 2.52. The van der Waals surface area contributed by atoms with Crippen LogP contribution in [-0.2, 0) is 4.74 Å². The van der Waals surface area contributed by atoms with E-state index in [-0.39, 0.29) is 5.75 Å². The lowest BCUT2D eigenvalue weighted by Crippen LogP contribution is -2.38. The summed E-state index contributed by atoms with van der Waals surface area (Å²) in [5, 5.41) is 19.0. The van der Waals surface area contributed by atoms with E-state index >= 15 is 0 Å². The zero-order chi connectivity index (χ0) is 27.9. The Morgan fingerprint density at radius 1 is 0.950 bits per heavy atom. The molecule has 1 fully saturated rings. The number of aromatic nitrogens is 3. The largest absolute Gasteiger partial charge is 0.497 e. The monoisotopic (exact) mass is 537 g/mol. The lowest BCUT2D eigenvalue weighted by atomic mass is 10.1. The molecule has 0 radical (unpaired) electrons. The summed E-state index contributed by atoms with van der Waals surface area (Å²) < 4.78 is 23.6. The molecule has 40 heavy (non-hydrogen) atoms. The fraction of sp³-hybridized carbons (Fsp3) is 0.200. The van der Waals surface area contributed by atoms with E-state index in [1.54, 1.807) is 55.7 Å². The van der Waals surface area contributed by atoms with Gasteiger partial charge in [-0.15, -0.1) is 10.2 Å². The van der Waals surface area contributed by atoms with Crippen LogP contribution in [0.1, 0.15) is 21.7 Å². The second-order valence-corrected chi connectivity index (χ2v) is 8.79. The molecule has 0 amide bonds. The second-order valence-electron chi connectivity index (χ2n) is 8.79. The van der Waals surface area contributed by atoms with Gasteiger partial charge in [-0.2, -0.15) is 5.26 Å². The zero-order valence-electron chi connectivity index (χ0n) is 22.1. The molecule has 0 spiro atoms. The highest BCUT2D eigenvalue weighted by atomic mass is 16.6. The minimum atomic E-state index is -0.534. The number of morpholine rings is 1. The van der Waals surface area contributed by atoms with Crippen molar-refractivity contribution in [1.82, 2.24) is 14.8 Å². The first kappa shape index (κ1) is 26.5. The number of rotatable bonds is 8. The standard InChI is InChI=1S/C30H27N5O5/c1-37-25-11-9-22(10-12-25)29(36)40-26-13-8-21(19-27(26)38-2)18-23(20-31)28-32-33-30(34-14-16-39-17-15-34)35(28)24-6-4-3-5-7-24/h3-13,18-19H,14-17H2,1-2H3/b23-18-. The highest BCUT2D eigenvalue weighted by molar-refractivity contribution is 5.92. The number of benzene rings is 3. The number of nitriles is 1. The van der Waals surface area contributed by atoms with Crippen LogP contribution in [0.2, 0.25) is 0 Å². The molecule has 0 aliphatic carbocycles. The van der Waals surface area contributed by atoms with Crippen molar-refractivity contribution in [2.24, 2.45) is 0 Å². The number of ether oxygens (including phenoxy) is 4. The first-order valence-electron chi connectivity index (χ1n) is 12.6. The number of esters is 1. The molecule has 10 heteroatoms. The molecule has 0 bridgehead atoms. The van der Waals surface area contributed by atoms with Gasteiger partial charge in [0, 0.05) is 13.1 Å². The quantitative estimate of drug-likeness (QED) is 0.183. The van der Waals surface area contributed by atoms with E-state index < -0.39 is 5.97 Å². The smallest absolute Gasteiger partial charge is 0.343 e. The van der Waals surface area contributed by atoms with E-state index in [0.29, 0.717) is 66.3 Å². The highest BCUT2D eigenvalue weighted by Gasteiger charge is 2.23. The second kappa shape index (κ2) is 12.1. The van der Waals surface area contributed by atoms with Crippen molar-refractivity contribution in [2.75, 3.05) is 45.4 Å². The molecule has 0 saturated carbocycles. The average Bonchev–Trinajstić information content (AvgIpc) is 3.46. The van der Waals surface area contributed by atoms with E-state index in [0.717, 1.165) is 5.69 Å². The number of anilines is 1. The Kier molecular flexibility index (Phi) is 8.04. The Bertz CT molecular complexity index is 1550. The van der Waals surface area contributed by atoms with Crippen LogP contribution >= 0.6 is 0 Å². The van der Waals surface area contributed by atoms with Crippen LogP contribution in [0.3, 0.4) is 0 Å². The van der Waals surface area contributed by atoms with E-state index in [2.05, 4.69) is 21.2 Å². The van der Waals surface area contributed by atoms with Gasteiger partial charge in [-0.1, -0.05) is 24.3 Å². The number of hydrogen-bond donors (Lipinski definition) is 0. The fourth-order valence-corrected chi connectivity index (χ4v) is 4.29. The third-order valence-corrected chi connectivity index (χ3v) is 6.34. The molecule has 5 rings (SSSR count). The van der Waals surface area contributed by atoms with Crippen LogP contribution in [-0.4, -0.2) is 61.3 Å². The maximum atomic E-state index is 12.7. The van der Waals surface area contributed by atoms with Gasteiger partial charge >= 0.3 is 5.97 Å². The van der Waals surface area contributed by atoms with E-state index in [1.807, 2.05) is 34.9 Å². The predicted octanol–water partition coefficient (Wildman–Crippen LogP) is 4.40. The van der Waals surface area contributed by atoms with Gasteiger partial charge in [-0.05, 0) is 60.2 Å². The van der Waals surface area contributed by atoms with E-state index in [4.69, 9.17) is 18.9 Å². The number of hydrogen-bond acceptors (Lipinski definition) is 9. The molecule has 1 aromatic heterocycles. The normalized spacial score (nSPS) is 13.4. The summed E-state index contributed by atoms with van der Waals surface area (Å²) in [4.78, 5) is 14.8. The van der Waals surface area contributed by atoms with Crippen molar-refractivity contribution < 1.29 is 23.7 Å². The number of carbonyl (C=O) groups is 1. The average molecular weight is 538 g/mol. The van der Waals surface area contributed by atoms with Crippen molar-refractivity contribution >= 4 is 23.6 Å². The molecule has 1 aliphatic heterocycles. The van der Waals surface area contributed by atoms with Crippen molar-refractivity contribution in [2.45, 2.75) is 0 Å².